The molecule has 0 saturated carbocycles. The Balaban J connectivity index is 2.28. The number of hydrogen-bond acceptors (Lipinski definition) is 3. The molecule has 0 amide bonds. The molecule has 0 spiro atoms. The first kappa shape index (κ1) is 13.1. The SMILES string of the molecule is CCOc1ccc(C(=O)C2CCCN2)c(C)c1C. The highest BCUT2D eigenvalue weighted by molar-refractivity contribution is 6.01. The van der Waals surface area contributed by atoms with Crippen molar-refractivity contribution in [3.8, 4) is 5.75 Å². The number of ketones is 1. The number of benzene rings is 1. The summed E-state index contributed by atoms with van der Waals surface area (Å²) in [6.07, 6.45) is 2.04. The van der Waals surface area contributed by atoms with Crippen LogP contribution in [0.5, 0.6) is 5.75 Å². The van der Waals surface area contributed by atoms with Gasteiger partial charge in [-0.2, -0.15) is 0 Å². The Morgan fingerprint density at radius 1 is 1.39 bits per heavy atom. The zero-order valence-corrected chi connectivity index (χ0v) is 11.4. The molecule has 1 atom stereocenters. The van der Waals surface area contributed by atoms with Crippen LogP contribution >= 0.6 is 0 Å². The van der Waals surface area contributed by atoms with E-state index in [9.17, 15) is 4.79 Å². The van der Waals surface area contributed by atoms with Gasteiger partial charge in [0, 0.05) is 5.56 Å². The molecule has 1 aliphatic rings. The number of ether oxygens (including phenoxy) is 1. The fraction of sp³-hybridized carbons (Fsp3) is 0.533. The molecule has 1 heterocycles. The lowest BCUT2D eigenvalue weighted by Gasteiger charge is -2.15. The van der Waals surface area contributed by atoms with Gasteiger partial charge in [0.15, 0.2) is 5.78 Å². The minimum absolute atomic E-state index is 0.000966. The number of Topliss-reactive ketones (excluding diaryl/α,β-unsaturated/α-hetero) is 1. The molecule has 1 unspecified atom stereocenters. The first-order chi connectivity index (χ1) is 8.65. The molecule has 0 radical (unpaired) electrons. The smallest absolute Gasteiger partial charge is 0.180 e. The van der Waals surface area contributed by atoms with E-state index in [1.165, 1.54) is 0 Å². The molecular weight excluding hydrogens is 226 g/mol. The first-order valence-corrected chi connectivity index (χ1v) is 6.65. The molecule has 1 aromatic rings. The minimum atomic E-state index is 0.000966. The molecule has 3 nitrogen and oxygen atoms in total. The highest BCUT2D eigenvalue weighted by Crippen LogP contribution is 2.26. The lowest BCUT2D eigenvalue weighted by Crippen LogP contribution is -2.31. The van der Waals surface area contributed by atoms with Crippen LogP contribution in [0.3, 0.4) is 0 Å². The van der Waals surface area contributed by atoms with Crippen molar-refractivity contribution in [3.05, 3.63) is 28.8 Å². The van der Waals surface area contributed by atoms with Crippen molar-refractivity contribution in [2.75, 3.05) is 13.2 Å². The van der Waals surface area contributed by atoms with E-state index in [0.29, 0.717) is 6.61 Å². The topological polar surface area (TPSA) is 38.3 Å². The van der Waals surface area contributed by atoms with E-state index in [0.717, 1.165) is 41.8 Å². The molecule has 1 aliphatic heterocycles. The summed E-state index contributed by atoms with van der Waals surface area (Å²) in [5.41, 5.74) is 2.94. The van der Waals surface area contributed by atoms with Crippen LogP contribution in [-0.2, 0) is 0 Å². The zero-order chi connectivity index (χ0) is 13.1. The minimum Gasteiger partial charge on any atom is -0.494 e. The average molecular weight is 247 g/mol. The molecular formula is C15H21NO2. The van der Waals surface area contributed by atoms with Crippen LogP contribution in [0.4, 0.5) is 0 Å². The number of rotatable bonds is 4. The maximum atomic E-state index is 12.4. The Kier molecular flexibility index (Phi) is 4.02. The third kappa shape index (κ3) is 2.41. The van der Waals surface area contributed by atoms with E-state index in [2.05, 4.69) is 5.32 Å². The normalized spacial score (nSPS) is 18.9. The fourth-order valence-electron chi connectivity index (χ4n) is 2.47. The summed E-state index contributed by atoms with van der Waals surface area (Å²) in [7, 11) is 0. The quantitative estimate of drug-likeness (QED) is 0.831. The van der Waals surface area contributed by atoms with Gasteiger partial charge in [0.1, 0.15) is 5.75 Å². The van der Waals surface area contributed by atoms with Crippen LogP contribution in [-0.4, -0.2) is 25.0 Å². The van der Waals surface area contributed by atoms with Crippen molar-refractivity contribution in [3.63, 3.8) is 0 Å². The van der Waals surface area contributed by atoms with Crippen molar-refractivity contribution >= 4 is 5.78 Å². The van der Waals surface area contributed by atoms with Crippen LogP contribution in [0, 0.1) is 13.8 Å². The second kappa shape index (κ2) is 5.53. The Bertz CT molecular complexity index is 448. The van der Waals surface area contributed by atoms with E-state index < -0.39 is 0 Å². The van der Waals surface area contributed by atoms with Crippen LogP contribution < -0.4 is 10.1 Å². The second-order valence-corrected chi connectivity index (χ2v) is 4.81. The molecule has 18 heavy (non-hydrogen) atoms. The highest BCUT2D eigenvalue weighted by Gasteiger charge is 2.25. The van der Waals surface area contributed by atoms with Gasteiger partial charge in [-0.15, -0.1) is 0 Å². The second-order valence-electron chi connectivity index (χ2n) is 4.81. The summed E-state index contributed by atoms with van der Waals surface area (Å²) >= 11 is 0. The number of carbonyl (C=O) groups excluding carboxylic acids is 1. The van der Waals surface area contributed by atoms with Crippen molar-refractivity contribution in [1.82, 2.24) is 5.32 Å². The van der Waals surface area contributed by atoms with Gasteiger partial charge >= 0.3 is 0 Å². The van der Waals surface area contributed by atoms with Crippen LogP contribution in [0.2, 0.25) is 0 Å². The van der Waals surface area contributed by atoms with Gasteiger partial charge < -0.3 is 10.1 Å². The summed E-state index contributed by atoms with van der Waals surface area (Å²) in [4.78, 5) is 12.4. The van der Waals surface area contributed by atoms with E-state index in [1.54, 1.807) is 0 Å². The summed E-state index contributed by atoms with van der Waals surface area (Å²) in [6, 6.07) is 3.81. The summed E-state index contributed by atoms with van der Waals surface area (Å²) in [5, 5.41) is 3.26. The van der Waals surface area contributed by atoms with Gasteiger partial charge in [-0.3, -0.25) is 4.79 Å². The molecule has 2 rings (SSSR count). The maximum Gasteiger partial charge on any atom is 0.180 e. The monoisotopic (exact) mass is 247 g/mol. The Morgan fingerprint density at radius 2 is 2.17 bits per heavy atom. The first-order valence-electron chi connectivity index (χ1n) is 6.65. The van der Waals surface area contributed by atoms with Crippen molar-refractivity contribution < 1.29 is 9.53 Å². The standard InChI is InChI=1S/C15H21NO2/c1-4-18-14-8-7-12(10(2)11(14)3)15(17)13-6-5-9-16-13/h7-8,13,16H,4-6,9H2,1-3H3. The number of hydrogen-bond donors (Lipinski definition) is 1. The van der Waals surface area contributed by atoms with E-state index >= 15 is 0 Å². The lowest BCUT2D eigenvalue weighted by atomic mass is 9.95. The highest BCUT2D eigenvalue weighted by atomic mass is 16.5. The van der Waals surface area contributed by atoms with Gasteiger partial charge in [-0.1, -0.05) is 0 Å². The maximum absolute atomic E-state index is 12.4. The van der Waals surface area contributed by atoms with Crippen molar-refractivity contribution in [2.45, 2.75) is 39.7 Å². The Labute approximate surface area is 109 Å². The molecule has 1 saturated heterocycles. The average Bonchev–Trinajstić information content (AvgIpc) is 2.88. The van der Waals surface area contributed by atoms with Crippen LogP contribution in [0.25, 0.3) is 0 Å². The third-order valence-corrected chi connectivity index (χ3v) is 3.68. The lowest BCUT2D eigenvalue weighted by molar-refractivity contribution is 0.0951. The summed E-state index contributed by atoms with van der Waals surface area (Å²) in [6.45, 7) is 7.58. The van der Waals surface area contributed by atoms with Crippen molar-refractivity contribution in [2.24, 2.45) is 0 Å². The van der Waals surface area contributed by atoms with Gasteiger partial charge in [0.05, 0.1) is 12.6 Å². The molecule has 1 aromatic carbocycles. The van der Waals surface area contributed by atoms with Crippen LogP contribution in [0.15, 0.2) is 12.1 Å². The summed E-state index contributed by atoms with van der Waals surface area (Å²) < 4.78 is 5.55. The van der Waals surface area contributed by atoms with E-state index in [1.807, 2.05) is 32.9 Å². The zero-order valence-electron chi connectivity index (χ0n) is 11.4. The number of nitrogens with one attached hydrogen (secondary N) is 1. The predicted molar refractivity (Wildman–Crippen MR) is 72.4 cm³/mol. The van der Waals surface area contributed by atoms with Gasteiger partial charge in [0.2, 0.25) is 0 Å². The van der Waals surface area contributed by atoms with E-state index in [4.69, 9.17) is 4.74 Å². The molecule has 1 N–H and O–H groups in total. The molecule has 1 fully saturated rings. The molecule has 0 bridgehead atoms. The molecule has 0 aliphatic carbocycles. The van der Waals surface area contributed by atoms with Gasteiger partial charge in [-0.25, -0.2) is 0 Å². The molecule has 98 valence electrons. The molecule has 3 heteroatoms. The third-order valence-electron chi connectivity index (χ3n) is 3.68. The van der Waals surface area contributed by atoms with E-state index in [-0.39, 0.29) is 11.8 Å². The molecule has 0 aromatic heterocycles. The number of carbonyl (C=O) groups is 1. The Hall–Kier alpha value is -1.35. The largest absolute Gasteiger partial charge is 0.494 e. The van der Waals surface area contributed by atoms with Gasteiger partial charge in [0.25, 0.3) is 0 Å². The predicted octanol–water partition coefficient (Wildman–Crippen LogP) is 2.64. The van der Waals surface area contributed by atoms with Crippen molar-refractivity contribution in [1.29, 1.82) is 0 Å². The fourth-order valence-corrected chi connectivity index (χ4v) is 2.47. The van der Waals surface area contributed by atoms with Crippen LogP contribution in [0.1, 0.15) is 41.3 Å². The Morgan fingerprint density at radius 3 is 2.78 bits per heavy atom. The summed E-state index contributed by atoms with van der Waals surface area (Å²) in [5.74, 6) is 1.10. The van der Waals surface area contributed by atoms with Gasteiger partial charge in [-0.05, 0) is 63.4 Å².